The van der Waals surface area contributed by atoms with Crippen molar-refractivity contribution in [2.24, 2.45) is 0 Å². The first-order valence-corrected chi connectivity index (χ1v) is 5.91. The Kier molecular flexibility index (Phi) is 4.32. The SMILES string of the molecule is CCOC(=O)Nc1sc(C)c(CC)c1C#N. The molecular formula is C11H14N2O2S. The fraction of sp³-hybridized carbons (Fsp3) is 0.455. The number of thiophene rings is 1. The summed E-state index contributed by atoms with van der Waals surface area (Å²) in [5.74, 6) is 0. The highest BCUT2D eigenvalue weighted by Crippen LogP contribution is 2.32. The first-order chi connectivity index (χ1) is 7.63. The Balaban J connectivity index is 2.97. The zero-order chi connectivity index (χ0) is 12.1. The summed E-state index contributed by atoms with van der Waals surface area (Å²) in [4.78, 5) is 12.3. The van der Waals surface area contributed by atoms with Crippen molar-refractivity contribution in [3.05, 3.63) is 16.0 Å². The summed E-state index contributed by atoms with van der Waals surface area (Å²) in [7, 11) is 0. The molecule has 0 atom stereocenters. The van der Waals surface area contributed by atoms with Crippen LogP contribution in [0.25, 0.3) is 0 Å². The van der Waals surface area contributed by atoms with Gasteiger partial charge in [-0.2, -0.15) is 5.26 Å². The quantitative estimate of drug-likeness (QED) is 0.880. The van der Waals surface area contributed by atoms with Gasteiger partial charge < -0.3 is 4.74 Å². The molecule has 1 amide bonds. The standard InChI is InChI=1S/C11H14N2O2S/c1-4-8-7(3)16-10(9(8)6-12)13-11(14)15-5-2/h4-5H2,1-3H3,(H,13,14). The van der Waals surface area contributed by atoms with Crippen molar-refractivity contribution >= 4 is 22.4 Å². The van der Waals surface area contributed by atoms with Gasteiger partial charge in [0.1, 0.15) is 11.1 Å². The van der Waals surface area contributed by atoms with Crippen LogP contribution in [0.5, 0.6) is 0 Å². The molecule has 1 aromatic heterocycles. The molecule has 1 heterocycles. The van der Waals surface area contributed by atoms with Crippen molar-refractivity contribution in [1.82, 2.24) is 0 Å². The fourth-order valence-electron chi connectivity index (χ4n) is 1.47. The molecule has 0 spiro atoms. The van der Waals surface area contributed by atoms with Crippen LogP contribution in [0, 0.1) is 18.3 Å². The Bertz CT molecular complexity index is 432. The van der Waals surface area contributed by atoms with E-state index in [-0.39, 0.29) is 0 Å². The van der Waals surface area contributed by atoms with Gasteiger partial charge >= 0.3 is 6.09 Å². The van der Waals surface area contributed by atoms with E-state index in [9.17, 15) is 4.79 Å². The minimum atomic E-state index is -0.511. The zero-order valence-corrected chi connectivity index (χ0v) is 10.4. The zero-order valence-electron chi connectivity index (χ0n) is 9.59. The molecule has 0 bridgehead atoms. The van der Waals surface area contributed by atoms with Crippen LogP contribution in [0.15, 0.2) is 0 Å². The van der Waals surface area contributed by atoms with Crippen LogP contribution < -0.4 is 5.32 Å². The van der Waals surface area contributed by atoms with E-state index in [4.69, 9.17) is 10.00 Å². The van der Waals surface area contributed by atoms with Gasteiger partial charge in [-0.1, -0.05) is 6.92 Å². The molecule has 1 aromatic rings. The number of carbonyl (C=O) groups is 1. The third-order valence-electron chi connectivity index (χ3n) is 2.17. The lowest BCUT2D eigenvalue weighted by Gasteiger charge is -2.02. The van der Waals surface area contributed by atoms with Gasteiger partial charge in [-0.05, 0) is 25.8 Å². The molecule has 0 aromatic carbocycles. The minimum absolute atomic E-state index is 0.318. The smallest absolute Gasteiger partial charge is 0.412 e. The molecule has 16 heavy (non-hydrogen) atoms. The summed E-state index contributed by atoms with van der Waals surface area (Å²) in [6.07, 6.45) is 0.276. The normalized spacial score (nSPS) is 9.62. The van der Waals surface area contributed by atoms with Crippen molar-refractivity contribution in [3.63, 3.8) is 0 Å². The van der Waals surface area contributed by atoms with Crippen molar-refractivity contribution < 1.29 is 9.53 Å². The highest BCUT2D eigenvalue weighted by molar-refractivity contribution is 7.16. The summed E-state index contributed by atoms with van der Waals surface area (Å²) in [6.45, 7) is 5.99. The number of hydrogen-bond donors (Lipinski definition) is 1. The van der Waals surface area contributed by atoms with Gasteiger partial charge in [-0.25, -0.2) is 4.79 Å². The highest BCUT2D eigenvalue weighted by Gasteiger charge is 2.16. The first-order valence-electron chi connectivity index (χ1n) is 5.10. The Morgan fingerprint density at radius 2 is 2.25 bits per heavy atom. The molecule has 5 heteroatoms. The molecule has 0 fully saturated rings. The second kappa shape index (κ2) is 5.52. The average molecular weight is 238 g/mol. The molecule has 1 N–H and O–H groups in total. The lowest BCUT2D eigenvalue weighted by molar-refractivity contribution is 0.168. The Morgan fingerprint density at radius 1 is 1.56 bits per heavy atom. The van der Waals surface area contributed by atoms with Crippen molar-refractivity contribution in [2.75, 3.05) is 11.9 Å². The van der Waals surface area contributed by atoms with Crippen molar-refractivity contribution in [1.29, 1.82) is 5.26 Å². The van der Waals surface area contributed by atoms with Gasteiger partial charge in [0.15, 0.2) is 0 Å². The summed E-state index contributed by atoms with van der Waals surface area (Å²) < 4.78 is 4.78. The molecule has 0 aliphatic rings. The summed E-state index contributed by atoms with van der Waals surface area (Å²) in [6, 6.07) is 2.12. The third kappa shape index (κ3) is 2.52. The summed E-state index contributed by atoms with van der Waals surface area (Å²) in [5.41, 5.74) is 1.55. The number of rotatable bonds is 3. The van der Waals surface area contributed by atoms with E-state index in [1.165, 1.54) is 11.3 Å². The van der Waals surface area contributed by atoms with E-state index in [2.05, 4.69) is 11.4 Å². The van der Waals surface area contributed by atoms with Gasteiger partial charge in [0.25, 0.3) is 0 Å². The maximum atomic E-state index is 11.3. The number of anilines is 1. The number of amides is 1. The number of ether oxygens (including phenoxy) is 1. The summed E-state index contributed by atoms with van der Waals surface area (Å²) >= 11 is 1.41. The number of nitrogens with zero attached hydrogens (tertiary/aromatic N) is 1. The number of nitrogens with one attached hydrogen (secondary N) is 1. The number of hydrogen-bond acceptors (Lipinski definition) is 4. The highest BCUT2D eigenvalue weighted by atomic mass is 32.1. The molecule has 0 aliphatic heterocycles. The lowest BCUT2D eigenvalue weighted by atomic mass is 10.1. The van der Waals surface area contributed by atoms with Crippen LogP contribution in [-0.4, -0.2) is 12.7 Å². The van der Waals surface area contributed by atoms with E-state index in [1.807, 2.05) is 13.8 Å². The Morgan fingerprint density at radius 3 is 2.75 bits per heavy atom. The second-order valence-electron chi connectivity index (χ2n) is 3.15. The predicted octanol–water partition coefficient (Wildman–Crippen LogP) is 3.06. The third-order valence-corrected chi connectivity index (χ3v) is 3.23. The van der Waals surface area contributed by atoms with Crippen LogP contribution in [-0.2, 0) is 11.2 Å². The molecule has 86 valence electrons. The largest absolute Gasteiger partial charge is 0.450 e. The van der Waals surface area contributed by atoms with Gasteiger partial charge in [0.05, 0.1) is 12.2 Å². The van der Waals surface area contributed by atoms with Crippen LogP contribution in [0.4, 0.5) is 9.80 Å². The monoisotopic (exact) mass is 238 g/mol. The van der Waals surface area contributed by atoms with Crippen LogP contribution in [0.1, 0.15) is 29.9 Å². The average Bonchev–Trinajstić information content (AvgIpc) is 2.53. The molecular weight excluding hydrogens is 224 g/mol. The molecule has 0 saturated heterocycles. The minimum Gasteiger partial charge on any atom is -0.450 e. The van der Waals surface area contributed by atoms with E-state index in [0.717, 1.165) is 16.9 Å². The molecule has 0 aliphatic carbocycles. The number of nitriles is 1. The molecule has 1 rings (SSSR count). The Hall–Kier alpha value is -1.54. The maximum absolute atomic E-state index is 11.3. The lowest BCUT2D eigenvalue weighted by Crippen LogP contribution is -2.13. The van der Waals surface area contributed by atoms with Crippen LogP contribution in [0.2, 0.25) is 0 Å². The van der Waals surface area contributed by atoms with Crippen molar-refractivity contribution in [3.8, 4) is 6.07 Å². The van der Waals surface area contributed by atoms with Gasteiger partial charge in [-0.15, -0.1) is 11.3 Å². The maximum Gasteiger partial charge on any atom is 0.412 e. The topological polar surface area (TPSA) is 62.1 Å². The second-order valence-corrected chi connectivity index (χ2v) is 4.38. The number of carbonyl (C=O) groups excluding carboxylic acids is 1. The van der Waals surface area contributed by atoms with Gasteiger partial charge in [0, 0.05) is 4.88 Å². The predicted molar refractivity (Wildman–Crippen MR) is 63.8 cm³/mol. The van der Waals surface area contributed by atoms with E-state index in [1.54, 1.807) is 6.92 Å². The molecule has 0 radical (unpaired) electrons. The first kappa shape index (κ1) is 12.5. The Labute approximate surface area is 98.8 Å². The van der Waals surface area contributed by atoms with Gasteiger partial charge in [-0.3, -0.25) is 5.32 Å². The van der Waals surface area contributed by atoms with Crippen molar-refractivity contribution in [2.45, 2.75) is 27.2 Å². The van der Waals surface area contributed by atoms with Crippen LogP contribution in [0.3, 0.4) is 0 Å². The summed E-state index contributed by atoms with van der Waals surface area (Å²) in [5, 5.41) is 12.2. The van der Waals surface area contributed by atoms with E-state index in [0.29, 0.717) is 17.2 Å². The molecule has 0 saturated carbocycles. The van der Waals surface area contributed by atoms with Gasteiger partial charge in [0.2, 0.25) is 0 Å². The van der Waals surface area contributed by atoms with E-state index >= 15 is 0 Å². The fourth-order valence-corrected chi connectivity index (χ4v) is 2.55. The van der Waals surface area contributed by atoms with E-state index < -0.39 is 6.09 Å². The number of aryl methyl sites for hydroxylation is 1. The molecule has 4 nitrogen and oxygen atoms in total. The van der Waals surface area contributed by atoms with Crippen LogP contribution >= 0.6 is 11.3 Å². The molecule has 0 unspecified atom stereocenters.